The first-order valence-electron chi connectivity index (χ1n) is 12.2. The average Bonchev–Trinajstić information content (AvgIpc) is 2.93. The number of amides is 1. The van der Waals surface area contributed by atoms with Crippen molar-refractivity contribution in [3.8, 4) is 5.69 Å². The normalized spacial score (nSPS) is 14.1. The van der Waals surface area contributed by atoms with Gasteiger partial charge in [0.1, 0.15) is 5.56 Å². The molecule has 7 nitrogen and oxygen atoms in total. The van der Waals surface area contributed by atoms with Gasteiger partial charge in [-0.05, 0) is 53.1 Å². The van der Waals surface area contributed by atoms with Gasteiger partial charge < -0.3 is 19.7 Å². The van der Waals surface area contributed by atoms with Gasteiger partial charge in [-0.25, -0.2) is 0 Å². The number of aromatic nitrogens is 1. The summed E-state index contributed by atoms with van der Waals surface area (Å²) in [5.41, 5.74) is 3.80. The number of carbonyl (C=O) groups is 1. The van der Waals surface area contributed by atoms with Crippen molar-refractivity contribution in [3.63, 3.8) is 0 Å². The highest BCUT2D eigenvalue weighted by molar-refractivity contribution is 6.30. The van der Waals surface area contributed by atoms with Crippen molar-refractivity contribution in [2.24, 2.45) is 0 Å². The lowest BCUT2D eigenvalue weighted by Crippen LogP contribution is -2.35. The molecule has 190 valence electrons. The van der Waals surface area contributed by atoms with Crippen LogP contribution in [0.5, 0.6) is 0 Å². The van der Waals surface area contributed by atoms with Gasteiger partial charge in [0.15, 0.2) is 0 Å². The van der Waals surface area contributed by atoms with Crippen molar-refractivity contribution in [3.05, 3.63) is 110 Å². The zero-order valence-electron chi connectivity index (χ0n) is 20.3. The van der Waals surface area contributed by atoms with Crippen molar-refractivity contribution < 1.29 is 14.6 Å². The second kappa shape index (κ2) is 11.3. The molecule has 5 rings (SSSR count). The summed E-state index contributed by atoms with van der Waals surface area (Å²) in [6.07, 6.45) is 1.58. The number of aliphatic hydroxyl groups excluding tert-OH is 1. The third-order valence-electron chi connectivity index (χ3n) is 6.56. The summed E-state index contributed by atoms with van der Waals surface area (Å²) < 4.78 is 7.29. The van der Waals surface area contributed by atoms with E-state index in [2.05, 4.69) is 10.2 Å². The molecule has 0 bridgehead atoms. The molecule has 0 radical (unpaired) electrons. The molecule has 3 aromatic carbocycles. The van der Waals surface area contributed by atoms with Crippen LogP contribution in [0.25, 0.3) is 16.6 Å². The highest BCUT2D eigenvalue weighted by Gasteiger charge is 2.18. The Hall–Kier alpha value is -3.49. The molecule has 1 fully saturated rings. The van der Waals surface area contributed by atoms with E-state index >= 15 is 0 Å². The van der Waals surface area contributed by atoms with Gasteiger partial charge in [0.25, 0.3) is 5.91 Å². The van der Waals surface area contributed by atoms with Crippen LogP contribution < -0.4 is 10.7 Å². The Labute approximate surface area is 219 Å². The fourth-order valence-corrected chi connectivity index (χ4v) is 4.68. The van der Waals surface area contributed by atoms with Crippen LogP contribution in [0.1, 0.15) is 27.0 Å². The first kappa shape index (κ1) is 25.2. The van der Waals surface area contributed by atoms with Gasteiger partial charge in [-0.3, -0.25) is 14.5 Å². The maximum Gasteiger partial charge on any atom is 0.257 e. The predicted molar refractivity (Wildman–Crippen MR) is 144 cm³/mol. The number of nitrogens with zero attached hydrogens (tertiary/aromatic N) is 2. The van der Waals surface area contributed by atoms with E-state index in [9.17, 15) is 14.7 Å². The molecule has 8 heteroatoms. The molecule has 2 heterocycles. The average molecular weight is 518 g/mol. The van der Waals surface area contributed by atoms with Gasteiger partial charge in [0, 0.05) is 48.5 Å². The molecule has 1 aliphatic heterocycles. The van der Waals surface area contributed by atoms with Crippen molar-refractivity contribution in [2.75, 3.05) is 26.3 Å². The summed E-state index contributed by atoms with van der Waals surface area (Å²) in [4.78, 5) is 29.1. The second-order valence-corrected chi connectivity index (χ2v) is 9.56. The third kappa shape index (κ3) is 5.76. The Kier molecular flexibility index (Phi) is 7.67. The molecule has 1 aromatic heterocycles. The standard InChI is InChI=1S/C29H28ClN3O4/c30-23-7-4-20(5-8-23)16-31-29(36)26-18-33(24-3-1-2-22(14-24)19-34)27-9-6-21(15-25(27)28(26)35)17-32-10-12-37-13-11-32/h1-9,14-15,18,34H,10-13,16-17,19H2,(H,31,36). The SMILES string of the molecule is O=C(NCc1ccc(Cl)cc1)c1cn(-c2cccc(CO)c2)c2ccc(CN3CCOCC3)cc2c1=O. The minimum atomic E-state index is -0.451. The van der Waals surface area contributed by atoms with Gasteiger partial charge in [-0.2, -0.15) is 0 Å². The summed E-state index contributed by atoms with van der Waals surface area (Å²) in [5.74, 6) is -0.451. The van der Waals surface area contributed by atoms with Crippen LogP contribution >= 0.6 is 11.6 Å². The third-order valence-corrected chi connectivity index (χ3v) is 6.81. The Morgan fingerprint density at radius 2 is 1.73 bits per heavy atom. The molecule has 37 heavy (non-hydrogen) atoms. The summed E-state index contributed by atoms with van der Waals surface area (Å²) in [5, 5.41) is 13.6. The molecule has 2 N–H and O–H groups in total. The van der Waals surface area contributed by atoms with E-state index in [1.54, 1.807) is 18.3 Å². The van der Waals surface area contributed by atoms with Crippen LogP contribution in [0.2, 0.25) is 5.02 Å². The number of halogens is 1. The van der Waals surface area contributed by atoms with E-state index in [-0.39, 0.29) is 24.1 Å². The van der Waals surface area contributed by atoms with E-state index in [4.69, 9.17) is 16.3 Å². The molecule has 0 saturated carbocycles. The van der Waals surface area contributed by atoms with Gasteiger partial charge in [0.05, 0.1) is 25.3 Å². The van der Waals surface area contributed by atoms with Gasteiger partial charge >= 0.3 is 0 Å². The molecule has 0 unspecified atom stereocenters. The molecule has 1 amide bonds. The number of benzene rings is 3. The van der Waals surface area contributed by atoms with Crippen molar-refractivity contribution in [2.45, 2.75) is 19.7 Å². The maximum absolute atomic E-state index is 13.6. The number of ether oxygens (including phenoxy) is 1. The number of rotatable bonds is 7. The summed E-state index contributed by atoms with van der Waals surface area (Å²) in [6, 6.07) is 20.4. The fourth-order valence-electron chi connectivity index (χ4n) is 4.55. The zero-order chi connectivity index (χ0) is 25.8. The number of carbonyl (C=O) groups excluding carboxylic acids is 1. The Morgan fingerprint density at radius 1 is 0.973 bits per heavy atom. The Morgan fingerprint density at radius 3 is 2.49 bits per heavy atom. The molecule has 4 aromatic rings. The number of pyridine rings is 1. The zero-order valence-corrected chi connectivity index (χ0v) is 21.1. The molecule has 1 saturated heterocycles. The number of aliphatic hydroxyl groups is 1. The van der Waals surface area contributed by atoms with E-state index in [1.807, 2.05) is 59.2 Å². The van der Waals surface area contributed by atoms with Crippen LogP contribution in [0.15, 0.2) is 77.7 Å². The predicted octanol–water partition coefficient (Wildman–Crippen LogP) is 3.90. The number of morpholine rings is 1. The maximum atomic E-state index is 13.6. The molecule has 0 aliphatic carbocycles. The van der Waals surface area contributed by atoms with Crippen molar-refractivity contribution >= 4 is 28.4 Å². The van der Waals surface area contributed by atoms with Gasteiger partial charge in [-0.15, -0.1) is 0 Å². The number of hydrogen-bond donors (Lipinski definition) is 2. The van der Waals surface area contributed by atoms with Crippen LogP contribution in [0, 0.1) is 0 Å². The molecular formula is C29H28ClN3O4. The minimum absolute atomic E-state index is 0.0550. The number of nitrogens with one attached hydrogen (secondary N) is 1. The van der Waals surface area contributed by atoms with Gasteiger partial charge in [0.2, 0.25) is 5.43 Å². The molecule has 0 atom stereocenters. The largest absolute Gasteiger partial charge is 0.392 e. The Balaban J connectivity index is 1.55. The highest BCUT2D eigenvalue weighted by Crippen LogP contribution is 2.21. The lowest BCUT2D eigenvalue weighted by molar-refractivity contribution is 0.0342. The first-order chi connectivity index (χ1) is 18.0. The van der Waals surface area contributed by atoms with Crippen LogP contribution in [0.3, 0.4) is 0 Å². The topological polar surface area (TPSA) is 83.8 Å². The lowest BCUT2D eigenvalue weighted by atomic mass is 10.1. The van der Waals surface area contributed by atoms with Crippen molar-refractivity contribution in [1.29, 1.82) is 0 Å². The summed E-state index contributed by atoms with van der Waals surface area (Å²) in [6.45, 7) is 3.92. The first-order valence-corrected chi connectivity index (χ1v) is 12.6. The van der Waals surface area contributed by atoms with E-state index in [0.717, 1.165) is 35.5 Å². The summed E-state index contributed by atoms with van der Waals surface area (Å²) in [7, 11) is 0. The molecule has 0 spiro atoms. The van der Waals surface area contributed by atoms with Gasteiger partial charge in [-0.1, -0.05) is 41.9 Å². The Bertz CT molecular complexity index is 1480. The van der Waals surface area contributed by atoms with Crippen LogP contribution in [0.4, 0.5) is 0 Å². The number of fused-ring (bicyclic) bond motifs is 1. The molecule has 1 aliphatic rings. The highest BCUT2D eigenvalue weighted by atomic mass is 35.5. The van der Waals surface area contributed by atoms with E-state index < -0.39 is 5.91 Å². The van der Waals surface area contributed by atoms with Crippen LogP contribution in [-0.2, 0) is 24.4 Å². The van der Waals surface area contributed by atoms with Crippen LogP contribution in [-0.4, -0.2) is 46.8 Å². The van der Waals surface area contributed by atoms with E-state index in [1.165, 1.54) is 0 Å². The smallest absolute Gasteiger partial charge is 0.257 e. The molecular weight excluding hydrogens is 490 g/mol. The fraction of sp³-hybridized carbons (Fsp3) is 0.241. The monoisotopic (exact) mass is 517 g/mol. The lowest BCUT2D eigenvalue weighted by Gasteiger charge is -2.26. The second-order valence-electron chi connectivity index (χ2n) is 9.12. The van der Waals surface area contributed by atoms with Crippen molar-refractivity contribution in [1.82, 2.24) is 14.8 Å². The van der Waals surface area contributed by atoms with E-state index in [0.29, 0.717) is 35.7 Å². The number of hydrogen-bond acceptors (Lipinski definition) is 5. The minimum Gasteiger partial charge on any atom is -0.392 e. The quantitative estimate of drug-likeness (QED) is 0.388. The summed E-state index contributed by atoms with van der Waals surface area (Å²) >= 11 is 5.96.